The molecule has 1 saturated carbocycles. The molecule has 3 rings (SSSR count). The van der Waals surface area contributed by atoms with Crippen molar-refractivity contribution in [3.63, 3.8) is 0 Å². The Bertz CT molecular complexity index is 429. The van der Waals surface area contributed by atoms with Gasteiger partial charge in [0.25, 0.3) is 0 Å². The molecule has 3 atom stereocenters. The third-order valence-electron chi connectivity index (χ3n) is 4.62. The second-order valence-corrected chi connectivity index (χ2v) is 6.07. The predicted molar refractivity (Wildman–Crippen MR) is 73.7 cm³/mol. The van der Waals surface area contributed by atoms with Gasteiger partial charge in [-0.15, -0.1) is 0 Å². The molecule has 98 valence electrons. The maximum absolute atomic E-state index is 9.87. The summed E-state index contributed by atoms with van der Waals surface area (Å²) in [6.07, 6.45) is 7.53. The molecule has 3 unspecified atom stereocenters. The van der Waals surface area contributed by atoms with Crippen molar-refractivity contribution in [2.45, 2.75) is 57.5 Å². The molecule has 2 heteroatoms. The molecule has 1 aromatic rings. The van der Waals surface area contributed by atoms with Gasteiger partial charge in [-0.25, -0.2) is 0 Å². The highest BCUT2D eigenvalue weighted by atomic mass is 16.3. The molecule has 1 fully saturated rings. The largest absolute Gasteiger partial charge is 0.508 e. The fraction of sp³-hybridized carbons (Fsp3) is 0.625. The third-order valence-corrected chi connectivity index (χ3v) is 4.62. The number of hydrogen-bond donors (Lipinski definition) is 2. The molecule has 0 bridgehead atoms. The van der Waals surface area contributed by atoms with E-state index in [1.165, 1.54) is 36.8 Å². The Morgan fingerprint density at radius 1 is 1.22 bits per heavy atom. The number of aromatic hydroxyl groups is 1. The molecule has 2 N–H and O–H groups in total. The van der Waals surface area contributed by atoms with Gasteiger partial charge in [-0.3, -0.25) is 0 Å². The van der Waals surface area contributed by atoms with E-state index in [0.29, 0.717) is 17.8 Å². The number of fused-ring (bicyclic) bond motifs is 1. The number of phenols is 1. The Balaban J connectivity index is 1.71. The zero-order valence-corrected chi connectivity index (χ0v) is 11.2. The quantitative estimate of drug-likeness (QED) is 0.835. The van der Waals surface area contributed by atoms with Gasteiger partial charge in [-0.05, 0) is 48.8 Å². The molecular formula is C16H23NO. The van der Waals surface area contributed by atoms with E-state index in [1.54, 1.807) is 0 Å². The smallest absolute Gasteiger partial charge is 0.119 e. The van der Waals surface area contributed by atoms with Crippen LogP contribution in [0.1, 0.15) is 56.2 Å². The van der Waals surface area contributed by atoms with Gasteiger partial charge in [0.05, 0.1) is 0 Å². The lowest BCUT2D eigenvalue weighted by Crippen LogP contribution is -2.35. The zero-order chi connectivity index (χ0) is 12.5. The topological polar surface area (TPSA) is 32.3 Å². The van der Waals surface area contributed by atoms with Crippen LogP contribution >= 0.6 is 0 Å². The highest BCUT2D eigenvalue weighted by Gasteiger charge is 2.28. The molecule has 0 spiro atoms. The summed E-state index contributed by atoms with van der Waals surface area (Å²) in [6, 6.07) is 7.09. The van der Waals surface area contributed by atoms with Crippen molar-refractivity contribution in [3.8, 4) is 5.75 Å². The Hall–Kier alpha value is -1.02. The molecule has 0 aromatic heterocycles. The van der Waals surface area contributed by atoms with Crippen LogP contribution in [-0.4, -0.2) is 11.1 Å². The lowest BCUT2D eigenvalue weighted by molar-refractivity contribution is 0.280. The Morgan fingerprint density at radius 2 is 2.11 bits per heavy atom. The van der Waals surface area contributed by atoms with E-state index in [2.05, 4.69) is 18.3 Å². The molecular weight excluding hydrogens is 222 g/mol. The van der Waals surface area contributed by atoms with Crippen LogP contribution in [0.4, 0.5) is 0 Å². The summed E-state index contributed by atoms with van der Waals surface area (Å²) in [5.41, 5.74) is 2.49. The molecule has 0 heterocycles. The molecule has 2 nitrogen and oxygen atoms in total. The van der Waals surface area contributed by atoms with Crippen molar-refractivity contribution >= 4 is 0 Å². The lowest BCUT2D eigenvalue weighted by Gasteiger charge is -2.30. The van der Waals surface area contributed by atoms with E-state index < -0.39 is 0 Å². The van der Waals surface area contributed by atoms with Crippen LogP contribution in [0.15, 0.2) is 18.2 Å². The van der Waals surface area contributed by atoms with Crippen molar-refractivity contribution in [1.82, 2.24) is 5.32 Å². The van der Waals surface area contributed by atoms with E-state index >= 15 is 0 Å². The lowest BCUT2D eigenvalue weighted by atomic mass is 9.86. The minimum atomic E-state index is 0.461. The Labute approximate surface area is 109 Å². The van der Waals surface area contributed by atoms with Crippen LogP contribution in [0.3, 0.4) is 0 Å². The van der Waals surface area contributed by atoms with E-state index in [-0.39, 0.29) is 0 Å². The summed E-state index contributed by atoms with van der Waals surface area (Å²) in [6.45, 7) is 2.36. The molecule has 0 saturated heterocycles. The van der Waals surface area contributed by atoms with E-state index in [0.717, 1.165) is 18.8 Å². The van der Waals surface area contributed by atoms with Gasteiger partial charge in [0, 0.05) is 12.1 Å². The molecule has 2 aliphatic carbocycles. The van der Waals surface area contributed by atoms with Gasteiger partial charge in [0.15, 0.2) is 0 Å². The fourth-order valence-electron chi connectivity index (χ4n) is 3.68. The van der Waals surface area contributed by atoms with Crippen LogP contribution in [0.5, 0.6) is 5.75 Å². The van der Waals surface area contributed by atoms with Crippen molar-refractivity contribution in [2.24, 2.45) is 5.92 Å². The highest BCUT2D eigenvalue weighted by Crippen LogP contribution is 2.37. The van der Waals surface area contributed by atoms with E-state index in [1.807, 2.05) is 12.1 Å². The maximum atomic E-state index is 9.87. The minimum Gasteiger partial charge on any atom is -0.508 e. The van der Waals surface area contributed by atoms with Crippen LogP contribution in [-0.2, 0) is 6.42 Å². The van der Waals surface area contributed by atoms with Gasteiger partial charge in [0.2, 0.25) is 0 Å². The summed E-state index contributed by atoms with van der Waals surface area (Å²) in [4.78, 5) is 0. The molecule has 0 radical (unpaired) electrons. The van der Waals surface area contributed by atoms with Gasteiger partial charge in [-0.2, -0.15) is 0 Å². The van der Waals surface area contributed by atoms with Crippen LogP contribution in [0, 0.1) is 5.92 Å². The first-order valence-electron chi connectivity index (χ1n) is 7.31. The van der Waals surface area contributed by atoms with Gasteiger partial charge in [0.1, 0.15) is 5.75 Å². The van der Waals surface area contributed by atoms with Crippen molar-refractivity contribution in [3.05, 3.63) is 29.3 Å². The van der Waals surface area contributed by atoms with Crippen molar-refractivity contribution < 1.29 is 5.11 Å². The van der Waals surface area contributed by atoms with Gasteiger partial charge >= 0.3 is 0 Å². The Morgan fingerprint density at radius 3 is 2.94 bits per heavy atom. The summed E-state index contributed by atoms with van der Waals surface area (Å²) in [5.74, 6) is 1.34. The Kier molecular flexibility index (Phi) is 3.29. The number of phenolic OH excluding ortho intramolecular Hbond substituents is 1. The molecule has 18 heavy (non-hydrogen) atoms. The van der Waals surface area contributed by atoms with E-state index in [4.69, 9.17) is 0 Å². The summed E-state index contributed by atoms with van der Waals surface area (Å²) >= 11 is 0. The summed E-state index contributed by atoms with van der Waals surface area (Å²) in [7, 11) is 0. The predicted octanol–water partition coefficient (Wildman–Crippen LogP) is 3.55. The normalized spacial score (nSPS) is 31.3. The number of hydrogen-bond acceptors (Lipinski definition) is 2. The van der Waals surface area contributed by atoms with E-state index in [9.17, 15) is 5.11 Å². The SMILES string of the molecule is CC1CCCC(NC2CCc3c(O)cccc32)C1. The van der Waals surface area contributed by atoms with Gasteiger partial charge < -0.3 is 10.4 Å². The molecule has 2 aliphatic rings. The van der Waals surface area contributed by atoms with Crippen LogP contribution in [0.2, 0.25) is 0 Å². The first-order chi connectivity index (χ1) is 8.74. The number of nitrogens with one attached hydrogen (secondary N) is 1. The first kappa shape index (κ1) is 12.0. The van der Waals surface area contributed by atoms with Crippen molar-refractivity contribution in [1.29, 1.82) is 0 Å². The number of benzene rings is 1. The second kappa shape index (κ2) is 4.93. The molecule has 1 aromatic carbocycles. The third kappa shape index (κ3) is 2.26. The highest BCUT2D eigenvalue weighted by molar-refractivity contribution is 5.44. The number of rotatable bonds is 2. The minimum absolute atomic E-state index is 0.461. The average Bonchev–Trinajstić information content (AvgIpc) is 2.74. The molecule has 0 amide bonds. The monoisotopic (exact) mass is 245 g/mol. The summed E-state index contributed by atoms with van der Waals surface area (Å²) < 4.78 is 0. The standard InChI is InChI=1S/C16H23NO/c1-11-4-2-5-12(10-11)17-15-9-8-14-13(15)6-3-7-16(14)18/h3,6-7,11-12,15,17-18H,2,4-5,8-10H2,1H3. The second-order valence-electron chi connectivity index (χ2n) is 6.07. The van der Waals surface area contributed by atoms with Gasteiger partial charge in [-0.1, -0.05) is 31.9 Å². The maximum Gasteiger partial charge on any atom is 0.119 e. The van der Waals surface area contributed by atoms with Crippen LogP contribution < -0.4 is 5.32 Å². The average molecular weight is 245 g/mol. The summed E-state index contributed by atoms with van der Waals surface area (Å²) in [5, 5.41) is 13.7. The fourth-order valence-corrected chi connectivity index (χ4v) is 3.68. The zero-order valence-electron chi connectivity index (χ0n) is 11.2. The first-order valence-corrected chi connectivity index (χ1v) is 7.31. The van der Waals surface area contributed by atoms with Crippen molar-refractivity contribution in [2.75, 3.05) is 0 Å². The molecule has 0 aliphatic heterocycles. The van der Waals surface area contributed by atoms with Crippen LogP contribution in [0.25, 0.3) is 0 Å².